The summed E-state index contributed by atoms with van der Waals surface area (Å²) < 4.78 is 5.82. The van der Waals surface area contributed by atoms with E-state index in [1.54, 1.807) is 0 Å². The van der Waals surface area contributed by atoms with E-state index in [1.807, 2.05) is 18.2 Å². The highest BCUT2D eigenvalue weighted by Crippen LogP contribution is 2.34. The summed E-state index contributed by atoms with van der Waals surface area (Å²) in [6, 6.07) is 5.49. The Kier molecular flexibility index (Phi) is 6.65. The quantitative estimate of drug-likeness (QED) is 0.721. The molecule has 1 aromatic rings. The van der Waals surface area contributed by atoms with E-state index >= 15 is 0 Å². The van der Waals surface area contributed by atoms with Crippen LogP contribution in [-0.2, 0) is 5.41 Å². The summed E-state index contributed by atoms with van der Waals surface area (Å²) in [6.45, 7) is 9.66. The molecule has 5 N–H and O–H groups in total. The van der Waals surface area contributed by atoms with Crippen molar-refractivity contribution in [1.29, 1.82) is 0 Å². The molecule has 2 atom stereocenters. The van der Waals surface area contributed by atoms with Crippen LogP contribution in [0.3, 0.4) is 0 Å². The molecule has 0 aromatic heterocycles. The van der Waals surface area contributed by atoms with Crippen LogP contribution in [0.1, 0.15) is 57.8 Å². The predicted molar refractivity (Wildman–Crippen MR) is 87.5 cm³/mol. The lowest BCUT2D eigenvalue weighted by Crippen LogP contribution is -2.31. The van der Waals surface area contributed by atoms with Crippen molar-refractivity contribution in [2.24, 2.45) is 11.5 Å². The number of hydrogen-bond acceptors (Lipinski definition) is 4. The topological polar surface area (TPSA) is 81.5 Å². The van der Waals surface area contributed by atoms with Crippen LogP contribution in [0.25, 0.3) is 0 Å². The molecule has 1 rings (SSSR count). The highest BCUT2D eigenvalue weighted by molar-refractivity contribution is 5.42. The van der Waals surface area contributed by atoms with E-state index in [0.29, 0.717) is 19.6 Å². The number of ether oxygens (including phenoxy) is 1. The van der Waals surface area contributed by atoms with Crippen LogP contribution in [-0.4, -0.2) is 24.3 Å². The summed E-state index contributed by atoms with van der Waals surface area (Å²) in [5.41, 5.74) is 13.3. The third-order valence-corrected chi connectivity index (χ3v) is 3.52. The first-order chi connectivity index (χ1) is 9.81. The van der Waals surface area contributed by atoms with Gasteiger partial charge >= 0.3 is 0 Å². The summed E-state index contributed by atoms with van der Waals surface area (Å²) in [5, 5.41) is 10.4. The molecule has 0 radical (unpaired) electrons. The lowest BCUT2D eigenvalue weighted by Gasteiger charge is -2.26. The van der Waals surface area contributed by atoms with Crippen LogP contribution < -0.4 is 16.2 Å². The Balaban J connectivity index is 3.09. The Labute approximate surface area is 128 Å². The molecule has 1 aromatic carbocycles. The van der Waals surface area contributed by atoms with Crippen molar-refractivity contribution in [1.82, 2.24) is 0 Å². The van der Waals surface area contributed by atoms with Crippen molar-refractivity contribution in [2.45, 2.75) is 58.1 Å². The Morgan fingerprint density at radius 3 is 2.48 bits per heavy atom. The largest absolute Gasteiger partial charge is 0.493 e. The second-order valence-corrected chi connectivity index (χ2v) is 6.54. The third kappa shape index (κ3) is 4.99. The fourth-order valence-electron chi connectivity index (χ4n) is 2.25. The van der Waals surface area contributed by atoms with Crippen molar-refractivity contribution >= 4 is 0 Å². The zero-order valence-corrected chi connectivity index (χ0v) is 13.7. The Morgan fingerprint density at radius 1 is 1.29 bits per heavy atom. The van der Waals surface area contributed by atoms with E-state index in [1.165, 1.54) is 0 Å². The van der Waals surface area contributed by atoms with Crippen molar-refractivity contribution < 1.29 is 9.84 Å². The first kappa shape index (κ1) is 18.0. The molecule has 0 saturated carbocycles. The van der Waals surface area contributed by atoms with Gasteiger partial charge in [0.25, 0.3) is 0 Å². The molecular weight excluding hydrogens is 264 g/mol. The molecule has 0 aliphatic heterocycles. The molecular formula is C17H30N2O2. The molecule has 0 aliphatic rings. The molecule has 0 bridgehead atoms. The highest BCUT2D eigenvalue weighted by atomic mass is 16.5. The first-order valence-electron chi connectivity index (χ1n) is 7.72. The zero-order valence-electron chi connectivity index (χ0n) is 13.7. The monoisotopic (exact) mass is 294 g/mol. The second-order valence-electron chi connectivity index (χ2n) is 6.54. The van der Waals surface area contributed by atoms with Gasteiger partial charge in [-0.15, -0.1) is 0 Å². The van der Waals surface area contributed by atoms with Gasteiger partial charge in [0.2, 0.25) is 0 Å². The van der Waals surface area contributed by atoms with Gasteiger partial charge in [0.05, 0.1) is 12.7 Å². The van der Waals surface area contributed by atoms with E-state index < -0.39 is 6.10 Å². The number of aliphatic hydroxyl groups excluding tert-OH is 1. The van der Waals surface area contributed by atoms with Gasteiger partial charge < -0.3 is 21.3 Å². The van der Waals surface area contributed by atoms with Gasteiger partial charge in [-0.2, -0.15) is 0 Å². The smallest absolute Gasteiger partial charge is 0.123 e. The van der Waals surface area contributed by atoms with Gasteiger partial charge in [-0.3, -0.25) is 0 Å². The number of benzene rings is 1. The summed E-state index contributed by atoms with van der Waals surface area (Å²) in [6.07, 6.45) is 0.866. The maximum Gasteiger partial charge on any atom is 0.123 e. The molecule has 0 heterocycles. The minimum Gasteiger partial charge on any atom is -0.493 e. The van der Waals surface area contributed by atoms with Crippen LogP contribution in [0.2, 0.25) is 0 Å². The minimum absolute atomic E-state index is 0.0588. The van der Waals surface area contributed by atoms with Crippen LogP contribution in [0.5, 0.6) is 5.75 Å². The summed E-state index contributed by atoms with van der Waals surface area (Å²) >= 11 is 0. The van der Waals surface area contributed by atoms with E-state index in [4.69, 9.17) is 16.2 Å². The van der Waals surface area contributed by atoms with Gasteiger partial charge in [-0.1, -0.05) is 33.8 Å². The number of hydrogen-bond donors (Lipinski definition) is 3. The fraction of sp³-hybridized carbons (Fsp3) is 0.647. The summed E-state index contributed by atoms with van der Waals surface area (Å²) in [4.78, 5) is 0. The van der Waals surface area contributed by atoms with Crippen molar-refractivity contribution in [3.8, 4) is 5.75 Å². The standard InChI is InChI=1S/C17H30N2O2/c1-5-10-21-15-7-6-12(11-13(15)17(2,3)4)16(20)14(19)8-9-18/h6-7,11,14,16,20H,5,8-10,18-19H2,1-4H3. The van der Waals surface area contributed by atoms with E-state index in [2.05, 4.69) is 27.7 Å². The first-order valence-corrected chi connectivity index (χ1v) is 7.72. The van der Waals surface area contributed by atoms with E-state index in [0.717, 1.165) is 23.3 Å². The van der Waals surface area contributed by atoms with Crippen molar-refractivity contribution in [3.63, 3.8) is 0 Å². The molecule has 2 unspecified atom stereocenters. The van der Waals surface area contributed by atoms with Crippen LogP contribution in [0, 0.1) is 0 Å². The van der Waals surface area contributed by atoms with Crippen molar-refractivity contribution in [3.05, 3.63) is 29.3 Å². The Bertz CT molecular complexity index is 441. The SMILES string of the molecule is CCCOc1ccc(C(O)C(N)CCN)cc1C(C)(C)C. The predicted octanol–water partition coefficient (Wildman–Crippen LogP) is 2.48. The Hall–Kier alpha value is -1.10. The lowest BCUT2D eigenvalue weighted by atomic mass is 9.84. The number of rotatable bonds is 7. The van der Waals surface area contributed by atoms with Gasteiger partial charge in [0.1, 0.15) is 5.75 Å². The van der Waals surface area contributed by atoms with E-state index in [-0.39, 0.29) is 11.5 Å². The van der Waals surface area contributed by atoms with Crippen LogP contribution in [0.15, 0.2) is 18.2 Å². The molecule has 21 heavy (non-hydrogen) atoms. The molecule has 4 nitrogen and oxygen atoms in total. The maximum atomic E-state index is 10.4. The molecule has 0 spiro atoms. The van der Waals surface area contributed by atoms with Crippen LogP contribution >= 0.6 is 0 Å². The van der Waals surface area contributed by atoms with Crippen molar-refractivity contribution in [2.75, 3.05) is 13.2 Å². The lowest BCUT2D eigenvalue weighted by molar-refractivity contribution is 0.143. The molecule has 0 aliphatic carbocycles. The highest BCUT2D eigenvalue weighted by Gasteiger charge is 2.23. The average molecular weight is 294 g/mol. The van der Waals surface area contributed by atoms with E-state index in [9.17, 15) is 5.11 Å². The van der Waals surface area contributed by atoms with Gasteiger partial charge in [0.15, 0.2) is 0 Å². The molecule has 0 amide bonds. The molecule has 0 saturated heterocycles. The number of aliphatic hydroxyl groups is 1. The maximum absolute atomic E-state index is 10.4. The van der Waals surface area contributed by atoms with Gasteiger partial charge in [-0.05, 0) is 48.1 Å². The van der Waals surface area contributed by atoms with Gasteiger partial charge in [0, 0.05) is 6.04 Å². The summed E-state index contributed by atoms with van der Waals surface area (Å²) in [5.74, 6) is 0.882. The molecule has 120 valence electrons. The fourth-order valence-corrected chi connectivity index (χ4v) is 2.25. The Morgan fingerprint density at radius 2 is 1.95 bits per heavy atom. The second kappa shape index (κ2) is 7.78. The summed E-state index contributed by atoms with van der Waals surface area (Å²) in [7, 11) is 0. The molecule has 0 fully saturated rings. The van der Waals surface area contributed by atoms with Crippen LogP contribution in [0.4, 0.5) is 0 Å². The number of nitrogens with two attached hydrogens (primary N) is 2. The minimum atomic E-state index is -0.699. The van der Waals surface area contributed by atoms with Gasteiger partial charge in [-0.25, -0.2) is 0 Å². The normalized spacial score (nSPS) is 14.8. The zero-order chi connectivity index (χ0) is 16.0. The average Bonchev–Trinajstić information content (AvgIpc) is 2.43. The third-order valence-electron chi connectivity index (χ3n) is 3.52. The molecule has 4 heteroatoms.